The number of aryl methyl sites for hydroxylation is 1. The lowest BCUT2D eigenvalue weighted by molar-refractivity contribution is 0.101. The Labute approximate surface area is 117 Å². The fourth-order valence-electron chi connectivity index (χ4n) is 1.71. The maximum Gasteiger partial charge on any atom is 0.278 e. The SMILES string of the molecule is Cc1onc(C(=O)Nc2ccc(OC(C)C)cc2)c1C. The number of anilines is 1. The first-order valence-electron chi connectivity index (χ1n) is 6.48. The average Bonchev–Trinajstić information content (AvgIpc) is 2.72. The van der Waals surface area contributed by atoms with Gasteiger partial charge in [0, 0.05) is 11.3 Å². The third-order valence-corrected chi connectivity index (χ3v) is 2.86. The summed E-state index contributed by atoms with van der Waals surface area (Å²) in [5, 5.41) is 6.53. The van der Waals surface area contributed by atoms with Gasteiger partial charge in [-0.15, -0.1) is 0 Å². The van der Waals surface area contributed by atoms with Crippen LogP contribution in [-0.2, 0) is 0 Å². The van der Waals surface area contributed by atoms with E-state index in [2.05, 4.69) is 10.5 Å². The number of benzene rings is 1. The molecule has 0 aliphatic heterocycles. The van der Waals surface area contributed by atoms with Gasteiger partial charge >= 0.3 is 0 Å². The van der Waals surface area contributed by atoms with Crippen molar-refractivity contribution in [3.8, 4) is 5.75 Å². The fourth-order valence-corrected chi connectivity index (χ4v) is 1.71. The lowest BCUT2D eigenvalue weighted by atomic mass is 10.2. The molecule has 0 saturated heterocycles. The third-order valence-electron chi connectivity index (χ3n) is 2.86. The highest BCUT2D eigenvalue weighted by Crippen LogP contribution is 2.18. The van der Waals surface area contributed by atoms with E-state index >= 15 is 0 Å². The summed E-state index contributed by atoms with van der Waals surface area (Å²) in [6.45, 7) is 7.51. The number of hydrogen-bond donors (Lipinski definition) is 1. The predicted molar refractivity (Wildman–Crippen MR) is 76.1 cm³/mol. The van der Waals surface area contributed by atoms with Crippen molar-refractivity contribution in [3.05, 3.63) is 41.3 Å². The highest BCUT2D eigenvalue weighted by Gasteiger charge is 2.16. The van der Waals surface area contributed by atoms with Crippen molar-refractivity contribution < 1.29 is 14.1 Å². The molecule has 0 aliphatic rings. The van der Waals surface area contributed by atoms with Gasteiger partial charge in [0.25, 0.3) is 5.91 Å². The van der Waals surface area contributed by atoms with Crippen molar-refractivity contribution in [3.63, 3.8) is 0 Å². The molecule has 2 rings (SSSR count). The Morgan fingerprint density at radius 2 is 1.90 bits per heavy atom. The number of hydrogen-bond acceptors (Lipinski definition) is 4. The van der Waals surface area contributed by atoms with Crippen LogP contribution in [0.15, 0.2) is 28.8 Å². The van der Waals surface area contributed by atoms with Crippen LogP contribution in [0.1, 0.15) is 35.7 Å². The summed E-state index contributed by atoms with van der Waals surface area (Å²) in [6.07, 6.45) is 0.121. The highest BCUT2D eigenvalue weighted by molar-refractivity contribution is 6.03. The van der Waals surface area contributed by atoms with Crippen molar-refractivity contribution in [2.45, 2.75) is 33.8 Å². The number of ether oxygens (including phenoxy) is 1. The molecule has 0 saturated carbocycles. The molecule has 1 aromatic heterocycles. The largest absolute Gasteiger partial charge is 0.491 e. The van der Waals surface area contributed by atoms with E-state index in [4.69, 9.17) is 9.26 Å². The van der Waals surface area contributed by atoms with Gasteiger partial charge in [-0.2, -0.15) is 0 Å². The zero-order valence-corrected chi connectivity index (χ0v) is 12.1. The molecule has 0 radical (unpaired) electrons. The first-order valence-corrected chi connectivity index (χ1v) is 6.48. The lowest BCUT2D eigenvalue weighted by Gasteiger charge is -2.10. The smallest absolute Gasteiger partial charge is 0.278 e. The summed E-state index contributed by atoms with van der Waals surface area (Å²) in [7, 11) is 0. The molecule has 106 valence electrons. The molecule has 0 aliphatic carbocycles. The van der Waals surface area contributed by atoms with E-state index in [1.165, 1.54) is 0 Å². The zero-order chi connectivity index (χ0) is 14.7. The normalized spacial score (nSPS) is 10.7. The van der Waals surface area contributed by atoms with Gasteiger partial charge in [-0.25, -0.2) is 0 Å². The Hall–Kier alpha value is -2.30. The first-order chi connectivity index (χ1) is 9.47. The summed E-state index contributed by atoms with van der Waals surface area (Å²) >= 11 is 0. The zero-order valence-electron chi connectivity index (χ0n) is 12.1. The summed E-state index contributed by atoms with van der Waals surface area (Å²) in [6, 6.07) is 7.21. The molecule has 5 heteroatoms. The maximum atomic E-state index is 12.0. The minimum Gasteiger partial charge on any atom is -0.491 e. The molecule has 5 nitrogen and oxygen atoms in total. The molecular formula is C15H18N2O3. The van der Waals surface area contributed by atoms with Gasteiger partial charge in [0.1, 0.15) is 11.5 Å². The Kier molecular flexibility index (Phi) is 4.08. The molecule has 0 atom stereocenters. The van der Waals surface area contributed by atoms with Gasteiger partial charge in [0.2, 0.25) is 0 Å². The maximum absolute atomic E-state index is 12.0. The standard InChI is InChI=1S/C15H18N2O3/c1-9(2)19-13-7-5-12(6-8-13)16-15(18)14-10(3)11(4)20-17-14/h5-9H,1-4H3,(H,16,18). The number of nitrogens with zero attached hydrogens (tertiary/aromatic N) is 1. The number of amides is 1. The molecular weight excluding hydrogens is 256 g/mol. The van der Waals surface area contributed by atoms with E-state index in [9.17, 15) is 4.79 Å². The van der Waals surface area contributed by atoms with Crippen molar-refractivity contribution in [2.75, 3.05) is 5.32 Å². The molecule has 1 aromatic carbocycles. The quantitative estimate of drug-likeness (QED) is 0.928. The lowest BCUT2D eigenvalue weighted by Crippen LogP contribution is -2.13. The summed E-state index contributed by atoms with van der Waals surface area (Å²) in [4.78, 5) is 12.0. The molecule has 1 heterocycles. The van der Waals surface area contributed by atoms with Crippen molar-refractivity contribution in [1.82, 2.24) is 5.16 Å². The molecule has 0 spiro atoms. The second-order valence-corrected chi connectivity index (χ2v) is 4.86. The molecule has 2 aromatic rings. The van der Waals surface area contributed by atoms with Crippen LogP contribution in [0.2, 0.25) is 0 Å². The van der Waals surface area contributed by atoms with Gasteiger partial charge in [-0.3, -0.25) is 4.79 Å². The van der Waals surface area contributed by atoms with Gasteiger partial charge in [-0.1, -0.05) is 5.16 Å². The molecule has 1 N–H and O–H groups in total. The summed E-state index contributed by atoms with van der Waals surface area (Å²) in [5.74, 6) is 1.14. The van der Waals surface area contributed by atoms with Crippen LogP contribution in [-0.4, -0.2) is 17.2 Å². The van der Waals surface area contributed by atoms with Gasteiger partial charge < -0.3 is 14.6 Å². The van der Waals surface area contributed by atoms with Crippen LogP contribution < -0.4 is 10.1 Å². The molecule has 0 bridgehead atoms. The summed E-state index contributed by atoms with van der Waals surface area (Å²) < 4.78 is 10.5. The van der Waals surface area contributed by atoms with Gasteiger partial charge in [0.05, 0.1) is 6.10 Å². The number of rotatable bonds is 4. The number of carbonyl (C=O) groups excluding carboxylic acids is 1. The van der Waals surface area contributed by atoms with E-state index in [0.29, 0.717) is 17.1 Å². The number of aromatic nitrogens is 1. The van der Waals surface area contributed by atoms with Gasteiger partial charge in [-0.05, 0) is 52.0 Å². The van der Waals surface area contributed by atoms with Gasteiger partial charge in [0.15, 0.2) is 5.69 Å². The highest BCUT2D eigenvalue weighted by atomic mass is 16.5. The predicted octanol–water partition coefficient (Wildman–Crippen LogP) is 3.33. The number of carbonyl (C=O) groups is 1. The molecule has 0 fully saturated rings. The van der Waals surface area contributed by atoms with E-state index in [-0.39, 0.29) is 12.0 Å². The Bertz CT molecular complexity index is 600. The Morgan fingerprint density at radius 1 is 1.25 bits per heavy atom. The second-order valence-electron chi connectivity index (χ2n) is 4.86. The third kappa shape index (κ3) is 3.17. The van der Waals surface area contributed by atoms with E-state index < -0.39 is 0 Å². The molecule has 1 amide bonds. The Morgan fingerprint density at radius 3 is 2.40 bits per heavy atom. The second kappa shape index (κ2) is 5.77. The van der Waals surface area contributed by atoms with Crippen molar-refractivity contribution >= 4 is 11.6 Å². The minimum absolute atomic E-state index is 0.121. The monoisotopic (exact) mass is 274 g/mol. The van der Waals surface area contributed by atoms with E-state index in [1.54, 1.807) is 26.0 Å². The first kappa shape index (κ1) is 14.1. The van der Waals surface area contributed by atoms with Crippen molar-refractivity contribution in [1.29, 1.82) is 0 Å². The number of nitrogens with one attached hydrogen (secondary N) is 1. The molecule has 0 unspecified atom stereocenters. The van der Waals surface area contributed by atoms with Crippen molar-refractivity contribution in [2.24, 2.45) is 0 Å². The Balaban J connectivity index is 2.06. The van der Waals surface area contributed by atoms with Crippen LogP contribution in [0.5, 0.6) is 5.75 Å². The van der Waals surface area contributed by atoms with Crippen LogP contribution in [0.25, 0.3) is 0 Å². The average molecular weight is 274 g/mol. The summed E-state index contributed by atoms with van der Waals surface area (Å²) in [5.41, 5.74) is 1.75. The minimum atomic E-state index is -0.281. The van der Waals surface area contributed by atoms with Crippen LogP contribution in [0, 0.1) is 13.8 Å². The fraction of sp³-hybridized carbons (Fsp3) is 0.333. The van der Waals surface area contributed by atoms with Crippen LogP contribution >= 0.6 is 0 Å². The van der Waals surface area contributed by atoms with Crippen LogP contribution in [0.4, 0.5) is 5.69 Å². The van der Waals surface area contributed by atoms with E-state index in [0.717, 1.165) is 11.3 Å². The van der Waals surface area contributed by atoms with E-state index in [1.807, 2.05) is 26.0 Å². The molecule has 20 heavy (non-hydrogen) atoms. The van der Waals surface area contributed by atoms with Crippen LogP contribution in [0.3, 0.4) is 0 Å². The topological polar surface area (TPSA) is 64.4 Å².